The van der Waals surface area contributed by atoms with Gasteiger partial charge in [-0.15, -0.1) is 0 Å². The molecular formula is C49H30N4O. The lowest BCUT2D eigenvalue weighted by atomic mass is 9.98. The number of hydrogen-bond acceptors (Lipinski definition) is 4. The van der Waals surface area contributed by atoms with Crippen molar-refractivity contribution in [2.45, 2.75) is 0 Å². The first-order valence-electron chi connectivity index (χ1n) is 18.1. The summed E-state index contributed by atoms with van der Waals surface area (Å²) >= 11 is 0. The molecule has 0 spiro atoms. The van der Waals surface area contributed by atoms with Crippen LogP contribution in [0.1, 0.15) is 0 Å². The topological polar surface area (TPSA) is 56.7 Å². The van der Waals surface area contributed by atoms with E-state index in [0.29, 0.717) is 17.6 Å². The number of nitrogens with zero attached hydrogens (tertiary/aromatic N) is 4. The van der Waals surface area contributed by atoms with E-state index in [9.17, 15) is 0 Å². The number of rotatable bonds is 5. The minimum absolute atomic E-state index is 0.563. The third-order valence-electron chi connectivity index (χ3n) is 10.4. The van der Waals surface area contributed by atoms with Gasteiger partial charge >= 0.3 is 0 Å². The summed E-state index contributed by atoms with van der Waals surface area (Å²) in [4.78, 5) is 15.8. The molecule has 8 aromatic carbocycles. The number of fused-ring (bicyclic) bond motifs is 7. The molecule has 5 heteroatoms. The Bertz CT molecular complexity index is 3230. The number of para-hydroxylation sites is 2. The molecule has 0 aliphatic rings. The number of benzene rings is 8. The average molecular weight is 691 g/mol. The Morgan fingerprint density at radius 1 is 0.370 bits per heavy atom. The maximum atomic E-state index is 6.25. The number of hydrogen-bond donors (Lipinski definition) is 0. The van der Waals surface area contributed by atoms with Crippen LogP contribution in [0.2, 0.25) is 0 Å². The summed E-state index contributed by atoms with van der Waals surface area (Å²) in [7, 11) is 0. The van der Waals surface area contributed by atoms with Crippen molar-refractivity contribution in [3.63, 3.8) is 0 Å². The summed E-state index contributed by atoms with van der Waals surface area (Å²) in [5, 5.41) is 6.79. The van der Waals surface area contributed by atoms with Gasteiger partial charge in [-0.25, -0.2) is 4.98 Å². The summed E-state index contributed by atoms with van der Waals surface area (Å²) in [5.41, 5.74) is 10.1. The minimum Gasteiger partial charge on any atom is -0.456 e. The van der Waals surface area contributed by atoms with E-state index in [1.165, 1.54) is 10.9 Å². The minimum atomic E-state index is 0.563. The van der Waals surface area contributed by atoms with Gasteiger partial charge in [0.1, 0.15) is 11.2 Å². The Kier molecular flexibility index (Phi) is 6.79. The van der Waals surface area contributed by atoms with Crippen LogP contribution in [0.15, 0.2) is 186 Å². The molecule has 0 bridgehead atoms. The molecule has 0 unspecified atom stereocenters. The molecule has 0 aliphatic carbocycles. The summed E-state index contributed by atoms with van der Waals surface area (Å²) in [6.07, 6.45) is 0. The molecule has 11 aromatic rings. The van der Waals surface area contributed by atoms with Crippen molar-refractivity contribution in [2.24, 2.45) is 0 Å². The van der Waals surface area contributed by atoms with Crippen molar-refractivity contribution >= 4 is 54.5 Å². The van der Waals surface area contributed by atoms with E-state index in [-0.39, 0.29) is 0 Å². The lowest BCUT2D eigenvalue weighted by Gasteiger charge is -2.12. The van der Waals surface area contributed by atoms with Gasteiger partial charge in [-0.05, 0) is 69.4 Å². The predicted octanol–water partition coefficient (Wildman–Crippen LogP) is 12.7. The summed E-state index contributed by atoms with van der Waals surface area (Å²) in [6.45, 7) is 0. The highest BCUT2D eigenvalue weighted by Crippen LogP contribution is 2.40. The van der Waals surface area contributed by atoms with Crippen LogP contribution in [0.3, 0.4) is 0 Å². The zero-order valence-corrected chi connectivity index (χ0v) is 29.0. The molecule has 0 amide bonds. The second kappa shape index (κ2) is 12.1. The quantitative estimate of drug-likeness (QED) is 0.180. The van der Waals surface area contributed by atoms with Crippen LogP contribution in [-0.4, -0.2) is 19.5 Å². The molecule has 0 saturated carbocycles. The van der Waals surface area contributed by atoms with Crippen LogP contribution < -0.4 is 0 Å². The first-order valence-corrected chi connectivity index (χ1v) is 18.1. The van der Waals surface area contributed by atoms with Gasteiger partial charge < -0.3 is 4.42 Å². The monoisotopic (exact) mass is 690 g/mol. The van der Waals surface area contributed by atoms with E-state index in [1.807, 2.05) is 18.2 Å². The Hall–Kier alpha value is -7.37. The molecule has 252 valence electrons. The van der Waals surface area contributed by atoms with E-state index in [4.69, 9.17) is 19.4 Å². The molecule has 0 aliphatic heterocycles. The summed E-state index contributed by atoms with van der Waals surface area (Å²) < 4.78 is 8.44. The van der Waals surface area contributed by atoms with E-state index >= 15 is 0 Å². The van der Waals surface area contributed by atoms with E-state index in [2.05, 4.69) is 168 Å². The van der Waals surface area contributed by atoms with Gasteiger partial charge in [0.15, 0.2) is 11.6 Å². The highest BCUT2D eigenvalue weighted by Gasteiger charge is 2.20. The zero-order valence-electron chi connectivity index (χ0n) is 29.0. The summed E-state index contributed by atoms with van der Waals surface area (Å²) in [5.74, 6) is 1.77. The summed E-state index contributed by atoms with van der Waals surface area (Å²) in [6, 6.07) is 63.3. The van der Waals surface area contributed by atoms with Gasteiger partial charge in [-0.1, -0.05) is 146 Å². The van der Waals surface area contributed by atoms with E-state index in [1.54, 1.807) is 0 Å². The highest BCUT2D eigenvalue weighted by molar-refractivity contribution is 6.16. The maximum absolute atomic E-state index is 6.25. The highest BCUT2D eigenvalue weighted by atomic mass is 16.3. The van der Waals surface area contributed by atoms with Crippen LogP contribution in [0.4, 0.5) is 0 Å². The standard InChI is InChI=1S/C49H30N4O/c1-2-14-32(15-3-1)37-21-11-24-42-45(37)39-19-6-8-23-41(39)53(42)49-51-47(50-48(52-49)36-28-27-31-13-4-5-16-33(31)29-36)35-18-10-17-34(30-35)38-22-12-26-44-46(38)40-20-7-9-25-43(40)54-44/h1-30H. The first-order chi connectivity index (χ1) is 26.8. The van der Waals surface area contributed by atoms with Crippen LogP contribution in [0.5, 0.6) is 0 Å². The second-order valence-corrected chi connectivity index (χ2v) is 13.6. The molecule has 3 aromatic heterocycles. The lowest BCUT2D eigenvalue weighted by Crippen LogP contribution is -2.06. The number of furan rings is 1. The third kappa shape index (κ3) is 4.83. The molecule has 0 atom stereocenters. The molecule has 0 N–H and O–H groups in total. The second-order valence-electron chi connectivity index (χ2n) is 13.6. The van der Waals surface area contributed by atoms with Crippen molar-refractivity contribution in [2.75, 3.05) is 0 Å². The van der Waals surface area contributed by atoms with Gasteiger partial charge in [0, 0.05) is 32.7 Å². The average Bonchev–Trinajstić information content (AvgIpc) is 3.80. The van der Waals surface area contributed by atoms with Crippen molar-refractivity contribution in [3.05, 3.63) is 182 Å². The Balaban J connectivity index is 1.16. The van der Waals surface area contributed by atoms with E-state index < -0.39 is 0 Å². The van der Waals surface area contributed by atoms with Gasteiger partial charge in [0.2, 0.25) is 5.95 Å². The Morgan fingerprint density at radius 2 is 0.981 bits per heavy atom. The Labute approximate surface area is 310 Å². The van der Waals surface area contributed by atoms with E-state index in [0.717, 1.165) is 76.9 Å². The fourth-order valence-corrected chi connectivity index (χ4v) is 7.99. The maximum Gasteiger partial charge on any atom is 0.238 e. The fourth-order valence-electron chi connectivity index (χ4n) is 7.99. The van der Waals surface area contributed by atoms with Crippen LogP contribution >= 0.6 is 0 Å². The lowest BCUT2D eigenvalue weighted by molar-refractivity contribution is 0.669. The van der Waals surface area contributed by atoms with Crippen molar-refractivity contribution in [1.29, 1.82) is 0 Å². The molecule has 0 fully saturated rings. The normalized spacial score (nSPS) is 11.7. The molecule has 0 radical (unpaired) electrons. The van der Waals surface area contributed by atoms with Gasteiger partial charge in [0.05, 0.1) is 11.0 Å². The van der Waals surface area contributed by atoms with Gasteiger partial charge in [0.25, 0.3) is 0 Å². The molecular weight excluding hydrogens is 661 g/mol. The zero-order chi connectivity index (χ0) is 35.6. The largest absolute Gasteiger partial charge is 0.456 e. The van der Waals surface area contributed by atoms with Gasteiger partial charge in [-0.2, -0.15) is 9.97 Å². The van der Waals surface area contributed by atoms with Crippen LogP contribution in [-0.2, 0) is 0 Å². The molecule has 0 saturated heterocycles. The number of aromatic nitrogens is 4. The van der Waals surface area contributed by atoms with Crippen molar-refractivity contribution < 1.29 is 4.42 Å². The Morgan fingerprint density at radius 3 is 1.85 bits per heavy atom. The van der Waals surface area contributed by atoms with Gasteiger partial charge in [-0.3, -0.25) is 4.57 Å². The van der Waals surface area contributed by atoms with Crippen LogP contribution in [0, 0.1) is 0 Å². The smallest absolute Gasteiger partial charge is 0.238 e. The first kappa shape index (κ1) is 30.3. The fraction of sp³-hybridized carbons (Fsp3) is 0. The molecule has 54 heavy (non-hydrogen) atoms. The third-order valence-corrected chi connectivity index (χ3v) is 10.4. The van der Waals surface area contributed by atoms with Crippen molar-refractivity contribution in [3.8, 4) is 51.0 Å². The molecule has 5 nitrogen and oxygen atoms in total. The molecule has 11 rings (SSSR count). The van der Waals surface area contributed by atoms with Crippen LogP contribution in [0.25, 0.3) is 105 Å². The molecule has 3 heterocycles. The van der Waals surface area contributed by atoms with Crippen molar-refractivity contribution in [1.82, 2.24) is 19.5 Å². The predicted molar refractivity (Wildman–Crippen MR) is 221 cm³/mol. The SMILES string of the molecule is c1ccc(-c2cccc3c2c2ccccc2n3-c2nc(-c3cccc(-c4cccc5oc6ccccc6c45)c3)nc(-c3ccc4ccccc4c3)n2)cc1.